The number of aliphatic hydroxyl groups excluding tert-OH is 1. The highest BCUT2D eigenvalue weighted by atomic mass is 16.6. The minimum Gasteiger partial charge on any atom is -0.463 e. The van der Waals surface area contributed by atoms with Gasteiger partial charge in [0.15, 0.2) is 12.1 Å². The first kappa shape index (κ1) is 66.5. The molecule has 0 heterocycles. The van der Waals surface area contributed by atoms with E-state index < -0.39 is 42.1 Å². The number of benzene rings is 5. The highest BCUT2D eigenvalue weighted by Gasteiger charge is 2.23. The number of anilines is 5. The number of rotatable bonds is 34. The van der Waals surface area contributed by atoms with Crippen molar-refractivity contribution < 1.29 is 76.6 Å². The lowest BCUT2D eigenvalue weighted by Gasteiger charge is -2.29. The van der Waals surface area contributed by atoms with Gasteiger partial charge in [0.25, 0.3) is 0 Å². The van der Waals surface area contributed by atoms with Gasteiger partial charge in [-0.05, 0) is 147 Å². The smallest absolute Gasteiger partial charge is 0.336 e. The molecule has 0 amide bonds. The van der Waals surface area contributed by atoms with Gasteiger partial charge in [-0.3, -0.25) is 19.2 Å². The first-order valence-electron chi connectivity index (χ1n) is 28.5. The van der Waals surface area contributed by atoms with E-state index >= 15 is 0 Å². The minimum atomic E-state index is -1.17. The summed E-state index contributed by atoms with van der Waals surface area (Å²) in [6.07, 6.45) is 6.38. The van der Waals surface area contributed by atoms with Crippen molar-refractivity contribution in [2.24, 2.45) is 5.92 Å². The second-order valence-corrected chi connectivity index (χ2v) is 20.0. The van der Waals surface area contributed by atoms with Crippen LogP contribution in [0.5, 0.6) is 11.5 Å². The van der Waals surface area contributed by atoms with Gasteiger partial charge >= 0.3 is 35.8 Å². The molecule has 1 aliphatic rings. The Labute approximate surface area is 507 Å². The molecule has 1 aliphatic carbocycles. The molecule has 0 fully saturated rings. The number of hydrogen-bond donors (Lipinski definition) is 1. The van der Waals surface area contributed by atoms with Crippen LogP contribution in [0.15, 0.2) is 194 Å². The molecule has 1 N–H and O–H groups in total. The average molecular weight is 1190 g/mol. The molecule has 5 aromatic carbocycles. The lowest BCUT2D eigenvalue weighted by atomic mass is 9.95. The van der Waals surface area contributed by atoms with Gasteiger partial charge in [0.2, 0.25) is 0 Å². The number of ketones is 1. The van der Waals surface area contributed by atoms with E-state index in [9.17, 15) is 38.7 Å². The van der Waals surface area contributed by atoms with Crippen LogP contribution in [0.2, 0.25) is 0 Å². The maximum atomic E-state index is 12.8. The van der Waals surface area contributed by atoms with Gasteiger partial charge in [0.05, 0.1) is 62.4 Å². The molecule has 6 rings (SSSR count). The van der Waals surface area contributed by atoms with Crippen molar-refractivity contribution in [3.8, 4) is 11.5 Å². The van der Waals surface area contributed by atoms with Crippen LogP contribution >= 0.6 is 0 Å². The zero-order valence-corrected chi connectivity index (χ0v) is 49.6. The minimum absolute atomic E-state index is 0.0306. The van der Waals surface area contributed by atoms with Gasteiger partial charge in [-0.25, -0.2) is 14.4 Å². The second kappa shape index (κ2) is 33.7. The molecule has 0 spiro atoms. The summed E-state index contributed by atoms with van der Waals surface area (Å²) in [5.74, 6) is -2.67. The molecule has 18 heteroatoms. The molecule has 87 heavy (non-hydrogen) atoms. The summed E-state index contributed by atoms with van der Waals surface area (Å²) in [6, 6.07) is 37.3. The summed E-state index contributed by atoms with van der Waals surface area (Å²) in [7, 11) is 0. The monoisotopic (exact) mass is 1190 g/mol. The summed E-state index contributed by atoms with van der Waals surface area (Å²) >= 11 is 0. The van der Waals surface area contributed by atoms with Crippen LogP contribution in [0.25, 0.3) is 0 Å². The standard InChI is InChI=1S/C69H74N2O16/c1-9-13-62(72)46(5)42-83-63(73)38-50-14-22-54(23-15-50)70(55-24-16-51(17-25-55)39-64(74)84-43-47(6)67(77)80-10-2)58-30-34-60(35-31-58)87-61-36-32-59(33-37-61)71(56-26-18-52(19-27-56)40-65(75)85-44-48(7)68(78)81-11-3)57-28-20-53(21-29-57)41-66(76)86-45-49(8)69(79)82-12-4/h14-20,22-37,53,63,73H,5-13,21,38-45H2,1-4H3. The summed E-state index contributed by atoms with van der Waals surface area (Å²) in [6.45, 7) is 21.3. The normalized spacial score (nSPS) is 12.7. The molecule has 2 unspecified atom stereocenters. The van der Waals surface area contributed by atoms with Crippen LogP contribution in [0, 0.1) is 5.92 Å². The van der Waals surface area contributed by atoms with E-state index in [1.807, 2.05) is 156 Å². The number of carbonyl (C=O) groups excluding carboxylic acids is 7. The van der Waals surface area contributed by atoms with Gasteiger partial charge in [-0.2, -0.15) is 0 Å². The van der Waals surface area contributed by atoms with Crippen molar-refractivity contribution in [3.63, 3.8) is 0 Å². The quantitative estimate of drug-likeness (QED) is 0.0175. The molecular weight excluding hydrogens is 1110 g/mol. The Balaban J connectivity index is 1.20. The fourth-order valence-corrected chi connectivity index (χ4v) is 8.66. The Morgan fingerprint density at radius 3 is 1.28 bits per heavy atom. The SMILES string of the molecule is C=C(COC(O)Cc1ccc(N(c2ccc(CC(=O)OCC(=C)C(=O)OCC)cc2)c2ccc(Oc3ccc(N(C4=CCC(CC(=O)OCC(=C)C(=O)OCC)C=C4)c4ccc(CC(=O)OCC(=C)C(=O)OCC)cc4)cc3)cc2)cc1)C(=O)CCC. The molecule has 5 aromatic rings. The third kappa shape index (κ3) is 20.8. The number of ether oxygens (including phenoxy) is 8. The Hall–Kier alpha value is -9.65. The molecule has 456 valence electrons. The molecule has 0 aromatic heterocycles. The molecule has 18 nitrogen and oxygen atoms in total. The number of esters is 6. The van der Waals surface area contributed by atoms with E-state index in [1.165, 1.54) is 0 Å². The Kier molecular flexibility index (Phi) is 25.8. The fourth-order valence-electron chi connectivity index (χ4n) is 8.66. The van der Waals surface area contributed by atoms with Crippen LogP contribution in [0.4, 0.5) is 28.4 Å². The first-order valence-corrected chi connectivity index (χ1v) is 28.5. The number of allylic oxidation sites excluding steroid dienone is 3. The molecular formula is C69H74N2O16. The topological polar surface area (TPSA) is 220 Å². The van der Waals surface area contributed by atoms with Crippen molar-refractivity contribution in [3.05, 3.63) is 211 Å². The number of hydrogen-bond acceptors (Lipinski definition) is 18. The molecule has 0 radical (unpaired) electrons. The van der Waals surface area contributed by atoms with Gasteiger partial charge in [0.1, 0.15) is 31.3 Å². The summed E-state index contributed by atoms with van der Waals surface area (Å²) in [5, 5.41) is 10.7. The van der Waals surface area contributed by atoms with Crippen LogP contribution in [0.1, 0.15) is 70.1 Å². The molecule has 0 saturated heterocycles. The Morgan fingerprint density at radius 2 is 0.885 bits per heavy atom. The van der Waals surface area contributed by atoms with Crippen LogP contribution in [-0.4, -0.2) is 99.2 Å². The van der Waals surface area contributed by atoms with E-state index in [-0.39, 0.29) is 100 Å². The zero-order chi connectivity index (χ0) is 62.8. The number of nitrogens with zero attached hydrogens (tertiary/aromatic N) is 2. The summed E-state index contributed by atoms with van der Waals surface area (Å²) in [4.78, 5) is 90.5. The molecule has 0 aliphatic heterocycles. The summed E-state index contributed by atoms with van der Waals surface area (Å²) in [5.41, 5.74) is 7.16. The lowest BCUT2D eigenvalue weighted by molar-refractivity contribution is -0.146. The van der Waals surface area contributed by atoms with Crippen LogP contribution in [0.3, 0.4) is 0 Å². The van der Waals surface area contributed by atoms with Crippen molar-refractivity contribution >= 4 is 70.0 Å². The van der Waals surface area contributed by atoms with Gasteiger partial charge < -0.3 is 52.8 Å². The maximum Gasteiger partial charge on any atom is 0.336 e. The van der Waals surface area contributed by atoms with Gasteiger partial charge in [-0.1, -0.05) is 81.8 Å². The molecule has 0 saturated carbocycles. The van der Waals surface area contributed by atoms with Crippen molar-refractivity contribution in [1.29, 1.82) is 0 Å². The molecule has 2 atom stereocenters. The Bertz CT molecular complexity index is 3310. The van der Waals surface area contributed by atoms with Crippen LogP contribution in [-0.2, 0) is 86.0 Å². The third-order valence-corrected chi connectivity index (χ3v) is 13.2. The number of carbonyl (C=O) groups is 7. The largest absolute Gasteiger partial charge is 0.463 e. The fraction of sp³-hybridized carbons (Fsp3) is 0.290. The van der Waals surface area contributed by atoms with Crippen molar-refractivity contribution in [1.82, 2.24) is 0 Å². The van der Waals surface area contributed by atoms with E-state index in [0.717, 1.165) is 39.7 Å². The van der Waals surface area contributed by atoms with Crippen LogP contribution < -0.4 is 14.5 Å². The van der Waals surface area contributed by atoms with Crippen molar-refractivity contribution in [2.75, 3.05) is 56.0 Å². The highest BCUT2D eigenvalue weighted by molar-refractivity contribution is 5.95. The first-order chi connectivity index (χ1) is 41.9. The van der Waals surface area contributed by atoms with Crippen molar-refractivity contribution in [2.45, 2.75) is 78.9 Å². The van der Waals surface area contributed by atoms with Gasteiger partial charge in [0, 0.05) is 52.5 Å². The third-order valence-electron chi connectivity index (χ3n) is 13.2. The van der Waals surface area contributed by atoms with E-state index in [1.54, 1.807) is 20.8 Å². The average Bonchev–Trinajstić information content (AvgIpc) is 3.34. The number of Topliss-reactive ketones (excluding diaryl/α,β-unsaturated/α-hetero) is 1. The highest BCUT2D eigenvalue weighted by Crippen LogP contribution is 2.38. The molecule has 0 bridgehead atoms. The second-order valence-electron chi connectivity index (χ2n) is 20.0. The summed E-state index contributed by atoms with van der Waals surface area (Å²) < 4.78 is 42.7. The lowest BCUT2D eigenvalue weighted by Crippen LogP contribution is -2.19. The van der Waals surface area contributed by atoms with E-state index in [4.69, 9.17) is 37.9 Å². The van der Waals surface area contributed by atoms with E-state index in [0.29, 0.717) is 47.5 Å². The predicted octanol–water partition coefficient (Wildman–Crippen LogP) is 11.8. The van der Waals surface area contributed by atoms with E-state index in [2.05, 4.69) is 26.3 Å². The predicted molar refractivity (Wildman–Crippen MR) is 328 cm³/mol. The maximum absolute atomic E-state index is 12.8. The van der Waals surface area contributed by atoms with Gasteiger partial charge in [-0.15, -0.1) is 0 Å². The number of aliphatic hydroxyl groups is 1. The zero-order valence-electron chi connectivity index (χ0n) is 49.6. The Morgan fingerprint density at radius 1 is 0.494 bits per heavy atom.